The van der Waals surface area contributed by atoms with E-state index < -0.39 is 0 Å². The van der Waals surface area contributed by atoms with Gasteiger partial charge in [-0.15, -0.1) is 11.6 Å². The fourth-order valence-electron chi connectivity index (χ4n) is 0.771. The van der Waals surface area contributed by atoms with Gasteiger partial charge < -0.3 is 5.32 Å². The molecule has 9 heavy (non-hydrogen) atoms. The maximum Gasteiger partial charge on any atom is 0.222 e. The van der Waals surface area contributed by atoms with Crippen LogP contribution in [-0.4, -0.2) is 24.5 Å². The van der Waals surface area contributed by atoms with Crippen LogP contribution in [0.3, 0.4) is 0 Å². The molecule has 1 saturated heterocycles. The Hall–Kier alpha value is -0.280. The molecular weight excluding hydrogens is 140 g/mol. The first-order valence-corrected chi connectivity index (χ1v) is 3.42. The van der Waals surface area contributed by atoms with E-state index in [0.717, 1.165) is 0 Å². The highest BCUT2D eigenvalue weighted by Gasteiger charge is 2.15. The maximum atomic E-state index is 10.6. The quantitative estimate of drug-likeness (QED) is 0.500. The second-order valence-corrected chi connectivity index (χ2v) is 2.34. The van der Waals surface area contributed by atoms with Gasteiger partial charge in [0, 0.05) is 18.3 Å². The zero-order valence-electron chi connectivity index (χ0n) is 4.98. The molecule has 1 amide bonds. The molecule has 3 nitrogen and oxygen atoms in total. The third kappa shape index (κ3) is 1.84. The van der Waals surface area contributed by atoms with Gasteiger partial charge in [0.1, 0.15) is 0 Å². The van der Waals surface area contributed by atoms with Crippen LogP contribution in [0.25, 0.3) is 0 Å². The van der Waals surface area contributed by atoms with E-state index in [1.807, 2.05) is 0 Å². The molecule has 1 unspecified atom stereocenters. The second kappa shape index (κ2) is 3.03. The largest absolute Gasteiger partial charge is 0.343 e. The minimum Gasteiger partial charge on any atom is -0.343 e. The van der Waals surface area contributed by atoms with Crippen LogP contribution >= 0.6 is 11.6 Å². The Morgan fingerprint density at radius 1 is 1.78 bits per heavy atom. The predicted molar refractivity (Wildman–Crippen MR) is 35.3 cm³/mol. The molecule has 1 fully saturated rings. The molecule has 0 aromatic rings. The van der Waals surface area contributed by atoms with E-state index in [0.29, 0.717) is 19.0 Å². The molecule has 1 rings (SSSR count). The molecular formula is C5H9ClN2O. The Balaban J connectivity index is 2.32. The van der Waals surface area contributed by atoms with Crippen LogP contribution in [0.5, 0.6) is 0 Å². The van der Waals surface area contributed by atoms with E-state index in [2.05, 4.69) is 10.6 Å². The summed E-state index contributed by atoms with van der Waals surface area (Å²) in [4.78, 5) is 10.6. The lowest BCUT2D eigenvalue weighted by Crippen LogP contribution is -2.48. The number of carbonyl (C=O) groups excluding carboxylic acids is 1. The smallest absolute Gasteiger partial charge is 0.222 e. The molecule has 0 radical (unpaired) electrons. The van der Waals surface area contributed by atoms with Crippen molar-refractivity contribution in [2.24, 2.45) is 0 Å². The summed E-state index contributed by atoms with van der Waals surface area (Å²) in [6.45, 7) is 0.552. The van der Waals surface area contributed by atoms with Gasteiger partial charge in [-0.1, -0.05) is 0 Å². The van der Waals surface area contributed by atoms with Crippen molar-refractivity contribution in [1.29, 1.82) is 0 Å². The minimum absolute atomic E-state index is 0.0828. The summed E-state index contributed by atoms with van der Waals surface area (Å²) in [5.74, 6) is 0.590. The lowest BCUT2D eigenvalue weighted by atomic mass is 10.2. The first-order valence-electron chi connectivity index (χ1n) is 2.89. The van der Waals surface area contributed by atoms with Crippen LogP contribution < -0.4 is 10.6 Å². The molecule has 0 aliphatic carbocycles. The van der Waals surface area contributed by atoms with Gasteiger partial charge in [0.15, 0.2) is 0 Å². The standard InChI is InChI=1S/C5H9ClN2O/c6-2-4-1-5(9)8-3-7-4/h4,7H,1-3H2,(H,8,9). The van der Waals surface area contributed by atoms with Crippen LogP contribution in [0.4, 0.5) is 0 Å². The highest BCUT2D eigenvalue weighted by Crippen LogP contribution is 1.97. The van der Waals surface area contributed by atoms with Gasteiger partial charge in [0.2, 0.25) is 5.91 Å². The van der Waals surface area contributed by atoms with E-state index in [1.165, 1.54) is 0 Å². The first kappa shape index (κ1) is 6.83. The van der Waals surface area contributed by atoms with Gasteiger partial charge in [-0.3, -0.25) is 10.1 Å². The second-order valence-electron chi connectivity index (χ2n) is 2.04. The van der Waals surface area contributed by atoms with Gasteiger partial charge in [0.05, 0.1) is 6.67 Å². The van der Waals surface area contributed by atoms with Gasteiger partial charge in [-0.2, -0.15) is 0 Å². The Labute approximate surface area is 58.8 Å². The normalized spacial score (nSPS) is 27.7. The van der Waals surface area contributed by atoms with E-state index in [1.54, 1.807) is 0 Å². The lowest BCUT2D eigenvalue weighted by Gasteiger charge is -2.21. The molecule has 2 N–H and O–H groups in total. The summed E-state index contributed by atoms with van der Waals surface area (Å²) >= 11 is 5.50. The van der Waals surface area contributed by atoms with E-state index in [-0.39, 0.29) is 11.9 Å². The van der Waals surface area contributed by atoms with Crippen molar-refractivity contribution in [2.75, 3.05) is 12.5 Å². The Kier molecular flexibility index (Phi) is 2.30. The number of hydrogen-bond donors (Lipinski definition) is 2. The maximum absolute atomic E-state index is 10.6. The molecule has 0 saturated carbocycles. The van der Waals surface area contributed by atoms with Crippen LogP contribution in [0.1, 0.15) is 6.42 Å². The summed E-state index contributed by atoms with van der Waals surface area (Å²) in [6, 6.07) is 0.167. The number of hydrogen-bond acceptors (Lipinski definition) is 2. The molecule has 1 aliphatic heterocycles. The van der Waals surface area contributed by atoms with Gasteiger partial charge in [-0.05, 0) is 0 Å². The van der Waals surface area contributed by atoms with Gasteiger partial charge in [0.25, 0.3) is 0 Å². The van der Waals surface area contributed by atoms with Crippen molar-refractivity contribution >= 4 is 17.5 Å². The SMILES string of the molecule is O=C1CC(CCl)NCN1. The number of rotatable bonds is 1. The number of nitrogens with one attached hydrogen (secondary N) is 2. The monoisotopic (exact) mass is 148 g/mol. The molecule has 1 atom stereocenters. The average Bonchev–Trinajstić information content (AvgIpc) is 1.88. The summed E-state index contributed by atoms with van der Waals surface area (Å²) in [6.07, 6.45) is 0.503. The zero-order valence-corrected chi connectivity index (χ0v) is 5.74. The number of amides is 1. The third-order valence-corrected chi connectivity index (χ3v) is 1.67. The Morgan fingerprint density at radius 3 is 3.00 bits per heavy atom. The van der Waals surface area contributed by atoms with Crippen molar-refractivity contribution in [3.63, 3.8) is 0 Å². The highest BCUT2D eigenvalue weighted by molar-refractivity contribution is 6.18. The van der Waals surface area contributed by atoms with Crippen LogP contribution in [-0.2, 0) is 4.79 Å². The Morgan fingerprint density at radius 2 is 2.56 bits per heavy atom. The zero-order chi connectivity index (χ0) is 6.69. The summed E-state index contributed by atoms with van der Waals surface area (Å²) in [7, 11) is 0. The molecule has 0 aromatic carbocycles. The summed E-state index contributed by atoms with van der Waals surface area (Å²) in [5.41, 5.74) is 0. The Bertz CT molecular complexity index is 118. The number of alkyl halides is 1. The van der Waals surface area contributed by atoms with E-state index >= 15 is 0 Å². The van der Waals surface area contributed by atoms with Crippen molar-refractivity contribution in [1.82, 2.24) is 10.6 Å². The third-order valence-electron chi connectivity index (χ3n) is 1.29. The fraction of sp³-hybridized carbons (Fsp3) is 0.800. The van der Waals surface area contributed by atoms with Crippen LogP contribution in [0.15, 0.2) is 0 Å². The molecule has 52 valence electrons. The van der Waals surface area contributed by atoms with Crippen molar-refractivity contribution in [3.05, 3.63) is 0 Å². The number of carbonyl (C=O) groups is 1. The minimum atomic E-state index is 0.0828. The van der Waals surface area contributed by atoms with E-state index in [4.69, 9.17) is 11.6 Å². The van der Waals surface area contributed by atoms with Gasteiger partial charge in [-0.25, -0.2) is 0 Å². The van der Waals surface area contributed by atoms with E-state index in [9.17, 15) is 4.79 Å². The predicted octanol–water partition coefficient (Wildman–Crippen LogP) is -0.339. The number of halogens is 1. The highest BCUT2D eigenvalue weighted by atomic mass is 35.5. The molecule has 0 spiro atoms. The molecule has 1 aliphatic rings. The molecule has 1 heterocycles. The molecule has 0 bridgehead atoms. The van der Waals surface area contributed by atoms with Crippen molar-refractivity contribution in [2.45, 2.75) is 12.5 Å². The summed E-state index contributed by atoms with van der Waals surface area (Å²) < 4.78 is 0. The van der Waals surface area contributed by atoms with Crippen molar-refractivity contribution in [3.8, 4) is 0 Å². The van der Waals surface area contributed by atoms with Crippen LogP contribution in [0, 0.1) is 0 Å². The van der Waals surface area contributed by atoms with Crippen molar-refractivity contribution < 1.29 is 4.79 Å². The fourth-order valence-corrected chi connectivity index (χ4v) is 0.989. The lowest BCUT2D eigenvalue weighted by molar-refractivity contribution is -0.122. The molecule has 4 heteroatoms. The average molecular weight is 149 g/mol. The van der Waals surface area contributed by atoms with Crippen LogP contribution in [0.2, 0.25) is 0 Å². The van der Waals surface area contributed by atoms with Gasteiger partial charge >= 0.3 is 0 Å². The summed E-state index contributed by atoms with van der Waals surface area (Å²) in [5, 5.41) is 5.67. The molecule has 0 aromatic heterocycles. The first-order chi connectivity index (χ1) is 4.33. The topological polar surface area (TPSA) is 41.1 Å².